The predicted octanol–water partition coefficient (Wildman–Crippen LogP) is 3.72. The standard InChI is InChI=1S/C17H17NO2S/c1-12-17(19)18(14-7-5-8-15(10-14)21-2)11-13-6-3-4-9-16(13)20-12/h3-10,12H,11H2,1-2H3/t12-/m1/s1. The number of ether oxygens (including phenoxy) is 1. The Hall–Kier alpha value is -1.94. The van der Waals surface area contributed by atoms with E-state index < -0.39 is 6.10 Å². The first kappa shape index (κ1) is 14.0. The highest BCUT2D eigenvalue weighted by Crippen LogP contribution is 2.30. The Bertz CT molecular complexity index is 671. The van der Waals surface area contributed by atoms with Gasteiger partial charge in [0.05, 0.1) is 6.54 Å². The van der Waals surface area contributed by atoms with Crippen molar-refractivity contribution in [2.75, 3.05) is 11.2 Å². The number of anilines is 1. The second-order valence-electron chi connectivity index (χ2n) is 4.99. The van der Waals surface area contributed by atoms with E-state index in [1.54, 1.807) is 23.6 Å². The Morgan fingerprint density at radius 2 is 2.00 bits per heavy atom. The zero-order valence-electron chi connectivity index (χ0n) is 12.1. The van der Waals surface area contributed by atoms with Crippen LogP contribution in [0, 0.1) is 0 Å². The molecule has 0 saturated carbocycles. The topological polar surface area (TPSA) is 29.5 Å². The summed E-state index contributed by atoms with van der Waals surface area (Å²) >= 11 is 1.67. The maximum Gasteiger partial charge on any atom is 0.268 e. The third-order valence-corrected chi connectivity index (χ3v) is 4.31. The van der Waals surface area contributed by atoms with Crippen molar-refractivity contribution in [3.63, 3.8) is 0 Å². The van der Waals surface area contributed by atoms with Gasteiger partial charge in [-0.25, -0.2) is 0 Å². The van der Waals surface area contributed by atoms with Gasteiger partial charge in [0.15, 0.2) is 6.10 Å². The summed E-state index contributed by atoms with van der Waals surface area (Å²) in [7, 11) is 0. The van der Waals surface area contributed by atoms with E-state index in [4.69, 9.17) is 4.74 Å². The molecule has 3 nitrogen and oxygen atoms in total. The number of thioether (sulfide) groups is 1. The molecule has 0 aromatic heterocycles. The highest BCUT2D eigenvalue weighted by atomic mass is 32.2. The molecule has 0 radical (unpaired) electrons. The largest absolute Gasteiger partial charge is 0.481 e. The first-order valence-electron chi connectivity index (χ1n) is 6.89. The molecule has 0 N–H and O–H groups in total. The first-order chi connectivity index (χ1) is 10.2. The highest BCUT2D eigenvalue weighted by Gasteiger charge is 2.28. The van der Waals surface area contributed by atoms with Gasteiger partial charge in [-0.3, -0.25) is 4.79 Å². The Morgan fingerprint density at radius 3 is 2.81 bits per heavy atom. The van der Waals surface area contributed by atoms with E-state index in [9.17, 15) is 4.79 Å². The number of hydrogen-bond donors (Lipinski definition) is 0. The maximum atomic E-state index is 12.6. The highest BCUT2D eigenvalue weighted by molar-refractivity contribution is 7.98. The van der Waals surface area contributed by atoms with Gasteiger partial charge in [-0.05, 0) is 37.4 Å². The second-order valence-corrected chi connectivity index (χ2v) is 5.87. The van der Waals surface area contributed by atoms with Crippen LogP contribution in [0.15, 0.2) is 53.4 Å². The molecule has 0 fully saturated rings. The van der Waals surface area contributed by atoms with E-state index in [1.165, 1.54) is 0 Å². The minimum absolute atomic E-state index is 0.00977. The second kappa shape index (κ2) is 5.82. The molecule has 0 bridgehead atoms. The van der Waals surface area contributed by atoms with Crippen molar-refractivity contribution in [3.8, 4) is 5.75 Å². The summed E-state index contributed by atoms with van der Waals surface area (Å²) in [4.78, 5) is 15.6. The lowest BCUT2D eigenvalue weighted by atomic mass is 10.2. The van der Waals surface area contributed by atoms with Gasteiger partial charge < -0.3 is 9.64 Å². The number of amides is 1. The average Bonchev–Trinajstić information content (AvgIpc) is 2.65. The third-order valence-electron chi connectivity index (χ3n) is 3.58. The monoisotopic (exact) mass is 299 g/mol. The van der Waals surface area contributed by atoms with Crippen LogP contribution in [0.4, 0.5) is 5.69 Å². The molecule has 3 rings (SSSR count). The number of benzene rings is 2. The molecular weight excluding hydrogens is 282 g/mol. The van der Waals surface area contributed by atoms with E-state index in [2.05, 4.69) is 0 Å². The fourth-order valence-electron chi connectivity index (χ4n) is 2.45. The summed E-state index contributed by atoms with van der Waals surface area (Å²) in [5, 5.41) is 0. The van der Waals surface area contributed by atoms with E-state index in [-0.39, 0.29) is 5.91 Å². The number of nitrogens with zero attached hydrogens (tertiary/aromatic N) is 1. The quantitative estimate of drug-likeness (QED) is 0.792. The van der Waals surface area contributed by atoms with Gasteiger partial charge in [0.2, 0.25) is 0 Å². The van der Waals surface area contributed by atoms with Crippen LogP contribution in [-0.2, 0) is 11.3 Å². The van der Waals surface area contributed by atoms with Gasteiger partial charge in [-0.15, -0.1) is 11.8 Å². The zero-order valence-corrected chi connectivity index (χ0v) is 12.9. The molecule has 2 aromatic rings. The summed E-state index contributed by atoms with van der Waals surface area (Å²) in [5.74, 6) is 0.784. The van der Waals surface area contributed by atoms with Crippen molar-refractivity contribution in [2.24, 2.45) is 0 Å². The Kier molecular flexibility index (Phi) is 3.88. The van der Waals surface area contributed by atoms with Crippen LogP contribution >= 0.6 is 11.8 Å². The summed E-state index contributed by atoms with van der Waals surface area (Å²) in [6.07, 6.45) is 1.55. The lowest BCUT2D eigenvalue weighted by Gasteiger charge is -2.22. The maximum absolute atomic E-state index is 12.6. The molecule has 1 heterocycles. The number of fused-ring (bicyclic) bond motifs is 1. The fourth-order valence-corrected chi connectivity index (χ4v) is 2.91. The lowest BCUT2D eigenvalue weighted by molar-refractivity contribution is -0.124. The molecule has 1 atom stereocenters. The number of rotatable bonds is 2. The first-order valence-corrected chi connectivity index (χ1v) is 8.11. The molecule has 0 aliphatic carbocycles. The van der Waals surface area contributed by atoms with Gasteiger partial charge in [0, 0.05) is 16.1 Å². The van der Waals surface area contributed by atoms with Crippen molar-refractivity contribution >= 4 is 23.4 Å². The van der Waals surface area contributed by atoms with Gasteiger partial charge in [0.25, 0.3) is 5.91 Å². The zero-order chi connectivity index (χ0) is 14.8. The average molecular weight is 299 g/mol. The molecular formula is C17H17NO2S. The van der Waals surface area contributed by atoms with Crippen LogP contribution in [0.3, 0.4) is 0 Å². The molecule has 2 aromatic carbocycles. The number of carbonyl (C=O) groups is 1. The van der Waals surface area contributed by atoms with Crippen molar-refractivity contribution in [3.05, 3.63) is 54.1 Å². The lowest BCUT2D eigenvalue weighted by Crippen LogP contribution is -2.38. The van der Waals surface area contributed by atoms with E-state index in [0.29, 0.717) is 6.54 Å². The molecule has 1 aliphatic heterocycles. The summed E-state index contributed by atoms with van der Waals surface area (Å²) in [6.45, 7) is 2.34. The molecule has 1 aliphatic rings. The third kappa shape index (κ3) is 2.76. The van der Waals surface area contributed by atoms with E-state index in [1.807, 2.05) is 54.8 Å². The molecule has 0 spiro atoms. The molecule has 0 saturated heterocycles. The van der Waals surface area contributed by atoms with Crippen molar-refractivity contribution < 1.29 is 9.53 Å². The van der Waals surface area contributed by atoms with Crippen LogP contribution in [-0.4, -0.2) is 18.3 Å². The van der Waals surface area contributed by atoms with Crippen molar-refractivity contribution in [2.45, 2.75) is 24.5 Å². The van der Waals surface area contributed by atoms with Gasteiger partial charge >= 0.3 is 0 Å². The molecule has 4 heteroatoms. The van der Waals surface area contributed by atoms with Gasteiger partial charge in [0.1, 0.15) is 5.75 Å². The van der Waals surface area contributed by atoms with E-state index >= 15 is 0 Å². The molecule has 108 valence electrons. The Morgan fingerprint density at radius 1 is 1.19 bits per heavy atom. The van der Waals surface area contributed by atoms with Crippen LogP contribution in [0.1, 0.15) is 12.5 Å². The van der Waals surface area contributed by atoms with Gasteiger partial charge in [-0.1, -0.05) is 24.3 Å². The predicted molar refractivity (Wildman–Crippen MR) is 85.9 cm³/mol. The minimum atomic E-state index is -0.480. The summed E-state index contributed by atoms with van der Waals surface area (Å²) < 4.78 is 5.78. The fraction of sp³-hybridized carbons (Fsp3) is 0.235. The number of carbonyl (C=O) groups excluding carboxylic acids is 1. The molecule has 0 unspecified atom stereocenters. The normalized spacial score (nSPS) is 17.9. The number of para-hydroxylation sites is 1. The number of hydrogen-bond acceptors (Lipinski definition) is 3. The van der Waals surface area contributed by atoms with Crippen LogP contribution < -0.4 is 9.64 Å². The van der Waals surface area contributed by atoms with Crippen LogP contribution in [0.25, 0.3) is 0 Å². The summed E-state index contributed by atoms with van der Waals surface area (Å²) in [6, 6.07) is 15.9. The van der Waals surface area contributed by atoms with E-state index in [0.717, 1.165) is 21.9 Å². The molecule has 1 amide bonds. The van der Waals surface area contributed by atoms with Crippen LogP contribution in [0.2, 0.25) is 0 Å². The SMILES string of the molecule is CSc1cccc(N2Cc3ccccc3O[C@H](C)C2=O)c1. The van der Waals surface area contributed by atoms with Gasteiger partial charge in [-0.2, -0.15) is 0 Å². The summed E-state index contributed by atoms with van der Waals surface area (Å²) in [5.41, 5.74) is 1.95. The van der Waals surface area contributed by atoms with Crippen molar-refractivity contribution in [1.82, 2.24) is 0 Å². The molecule has 21 heavy (non-hydrogen) atoms. The smallest absolute Gasteiger partial charge is 0.268 e. The van der Waals surface area contributed by atoms with Crippen molar-refractivity contribution in [1.29, 1.82) is 0 Å². The Balaban J connectivity index is 2.02. The van der Waals surface area contributed by atoms with Crippen LogP contribution in [0.5, 0.6) is 5.75 Å². The minimum Gasteiger partial charge on any atom is -0.481 e. The Labute approximate surface area is 128 Å².